The molecule has 1 atom stereocenters. The van der Waals surface area contributed by atoms with Crippen LogP contribution in [-0.2, 0) is 0 Å². The number of nitrogens with one attached hydrogen (secondary N) is 1. The molecule has 3 rings (SSSR count). The predicted octanol–water partition coefficient (Wildman–Crippen LogP) is 4.74. The van der Waals surface area contributed by atoms with Crippen LogP contribution in [0.1, 0.15) is 47.2 Å². The molecular weight excluding hydrogens is 348 g/mol. The van der Waals surface area contributed by atoms with Crippen LogP contribution in [0.25, 0.3) is 0 Å². The summed E-state index contributed by atoms with van der Waals surface area (Å²) in [7, 11) is 0. The monoisotopic (exact) mass is 374 g/mol. The highest BCUT2D eigenvalue weighted by atomic mass is 16.1. The maximum Gasteiger partial charge on any atom is 0.270 e. The lowest BCUT2D eigenvalue weighted by atomic mass is 10.1. The van der Waals surface area contributed by atoms with E-state index >= 15 is 0 Å². The smallest absolute Gasteiger partial charge is 0.270 e. The SMILES string of the molecule is CCN(c1cccc(C)c1)c1nc(C)cc(C(=O)NC(C)c2ccccc2)n1. The Labute approximate surface area is 166 Å². The molecule has 5 nitrogen and oxygen atoms in total. The Morgan fingerprint density at radius 3 is 2.46 bits per heavy atom. The molecule has 1 heterocycles. The van der Waals surface area contributed by atoms with E-state index in [9.17, 15) is 4.79 Å². The van der Waals surface area contributed by atoms with Gasteiger partial charge >= 0.3 is 0 Å². The first-order chi connectivity index (χ1) is 13.5. The van der Waals surface area contributed by atoms with E-state index in [1.54, 1.807) is 6.07 Å². The fourth-order valence-electron chi connectivity index (χ4n) is 3.12. The van der Waals surface area contributed by atoms with Gasteiger partial charge in [-0.1, -0.05) is 42.5 Å². The summed E-state index contributed by atoms with van der Waals surface area (Å²) in [5, 5.41) is 3.02. The van der Waals surface area contributed by atoms with Gasteiger partial charge in [0.2, 0.25) is 5.95 Å². The van der Waals surface area contributed by atoms with Crippen molar-refractivity contribution in [1.82, 2.24) is 15.3 Å². The number of nitrogens with zero attached hydrogens (tertiary/aromatic N) is 3. The standard InChI is InChI=1S/C23H26N4O/c1-5-27(20-13-9-10-16(2)14-20)23-24-17(3)15-21(26-23)22(28)25-18(4)19-11-7-6-8-12-19/h6-15,18H,5H2,1-4H3,(H,25,28). The van der Waals surface area contributed by atoms with Gasteiger partial charge in [0, 0.05) is 17.9 Å². The van der Waals surface area contributed by atoms with Crippen molar-refractivity contribution in [2.24, 2.45) is 0 Å². The molecule has 5 heteroatoms. The number of benzene rings is 2. The lowest BCUT2D eigenvalue weighted by Crippen LogP contribution is -2.28. The molecule has 144 valence electrons. The first kappa shape index (κ1) is 19.5. The summed E-state index contributed by atoms with van der Waals surface area (Å²) in [5.74, 6) is 0.328. The van der Waals surface area contributed by atoms with E-state index in [1.807, 2.05) is 68.1 Å². The second-order valence-corrected chi connectivity index (χ2v) is 6.88. The molecule has 0 saturated heterocycles. The fraction of sp³-hybridized carbons (Fsp3) is 0.261. The quantitative estimate of drug-likeness (QED) is 0.677. The van der Waals surface area contributed by atoms with Crippen molar-refractivity contribution in [1.29, 1.82) is 0 Å². The molecule has 0 saturated carbocycles. The zero-order chi connectivity index (χ0) is 20.1. The van der Waals surface area contributed by atoms with Crippen molar-refractivity contribution in [2.75, 3.05) is 11.4 Å². The number of amides is 1. The zero-order valence-electron chi connectivity index (χ0n) is 16.8. The second kappa shape index (κ2) is 8.65. The molecule has 3 aromatic rings. The molecule has 0 aliphatic carbocycles. The maximum absolute atomic E-state index is 12.8. The van der Waals surface area contributed by atoms with Gasteiger partial charge in [-0.25, -0.2) is 9.97 Å². The summed E-state index contributed by atoms with van der Waals surface area (Å²) in [6, 6.07) is 19.7. The lowest BCUT2D eigenvalue weighted by Gasteiger charge is -2.22. The summed E-state index contributed by atoms with van der Waals surface area (Å²) >= 11 is 0. The van der Waals surface area contributed by atoms with Gasteiger partial charge in [-0.05, 0) is 57.0 Å². The molecule has 1 N–H and O–H groups in total. The van der Waals surface area contributed by atoms with Gasteiger partial charge in [0.05, 0.1) is 6.04 Å². The summed E-state index contributed by atoms with van der Waals surface area (Å²) in [6.45, 7) is 8.65. The highest BCUT2D eigenvalue weighted by molar-refractivity contribution is 5.93. The fourth-order valence-corrected chi connectivity index (χ4v) is 3.12. The molecule has 2 aromatic carbocycles. The number of rotatable bonds is 6. The van der Waals surface area contributed by atoms with Crippen molar-refractivity contribution in [3.8, 4) is 0 Å². The van der Waals surface area contributed by atoms with Crippen molar-refractivity contribution in [2.45, 2.75) is 33.7 Å². The number of carbonyl (C=O) groups is 1. The predicted molar refractivity (Wildman–Crippen MR) is 113 cm³/mol. The van der Waals surface area contributed by atoms with Crippen LogP contribution in [0.3, 0.4) is 0 Å². The van der Waals surface area contributed by atoms with E-state index in [-0.39, 0.29) is 11.9 Å². The molecule has 0 bridgehead atoms. The molecule has 1 amide bonds. The second-order valence-electron chi connectivity index (χ2n) is 6.88. The third-order valence-electron chi connectivity index (χ3n) is 4.59. The Balaban J connectivity index is 1.87. The minimum absolute atomic E-state index is 0.105. The summed E-state index contributed by atoms with van der Waals surface area (Å²) in [6.07, 6.45) is 0. The highest BCUT2D eigenvalue weighted by Gasteiger charge is 2.17. The topological polar surface area (TPSA) is 58.1 Å². The van der Waals surface area contributed by atoms with Crippen molar-refractivity contribution >= 4 is 17.5 Å². The van der Waals surface area contributed by atoms with Crippen LogP contribution in [-0.4, -0.2) is 22.4 Å². The molecule has 0 radical (unpaired) electrons. The lowest BCUT2D eigenvalue weighted by molar-refractivity contribution is 0.0934. The van der Waals surface area contributed by atoms with Gasteiger partial charge in [-0.3, -0.25) is 4.79 Å². The number of anilines is 2. The minimum atomic E-state index is -0.205. The van der Waals surface area contributed by atoms with Gasteiger partial charge in [0.1, 0.15) is 5.69 Å². The van der Waals surface area contributed by atoms with E-state index in [2.05, 4.69) is 34.3 Å². The third-order valence-corrected chi connectivity index (χ3v) is 4.59. The van der Waals surface area contributed by atoms with Crippen LogP contribution in [0.2, 0.25) is 0 Å². The number of carbonyl (C=O) groups excluding carboxylic acids is 1. The van der Waals surface area contributed by atoms with Crippen LogP contribution in [0.15, 0.2) is 60.7 Å². The van der Waals surface area contributed by atoms with Crippen molar-refractivity contribution in [3.05, 3.63) is 83.2 Å². The van der Waals surface area contributed by atoms with Gasteiger partial charge in [0.25, 0.3) is 5.91 Å². The van der Waals surface area contributed by atoms with Gasteiger partial charge in [0.15, 0.2) is 0 Å². The molecule has 0 aliphatic heterocycles. The number of aryl methyl sites for hydroxylation is 2. The summed E-state index contributed by atoms with van der Waals surface area (Å²) in [5.41, 5.74) is 4.36. The Kier molecular flexibility index (Phi) is 6.04. The number of aromatic nitrogens is 2. The Morgan fingerprint density at radius 1 is 1.04 bits per heavy atom. The van der Waals surface area contributed by atoms with E-state index in [4.69, 9.17) is 0 Å². The molecule has 28 heavy (non-hydrogen) atoms. The summed E-state index contributed by atoms with van der Waals surface area (Å²) in [4.78, 5) is 24.0. The highest BCUT2D eigenvalue weighted by Crippen LogP contribution is 2.23. The molecule has 0 spiro atoms. The van der Waals surface area contributed by atoms with Crippen LogP contribution >= 0.6 is 0 Å². The van der Waals surface area contributed by atoms with E-state index < -0.39 is 0 Å². The third kappa shape index (κ3) is 4.55. The average molecular weight is 374 g/mol. The van der Waals surface area contributed by atoms with E-state index in [1.165, 1.54) is 5.56 Å². The largest absolute Gasteiger partial charge is 0.344 e. The molecule has 0 fully saturated rings. The molecule has 0 aliphatic rings. The van der Waals surface area contributed by atoms with Crippen molar-refractivity contribution in [3.63, 3.8) is 0 Å². The van der Waals surface area contributed by atoms with Crippen LogP contribution < -0.4 is 10.2 Å². The average Bonchev–Trinajstić information content (AvgIpc) is 2.69. The van der Waals surface area contributed by atoms with Crippen LogP contribution in [0.4, 0.5) is 11.6 Å². The first-order valence-corrected chi connectivity index (χ1v) is 9.53. The minimum Gasteiger partial charge on any atom is -0.344 e. The molecule has 1 aromatic heterocycles. The van der Waals surface area contributed by atoms with Gasteiger partial charge in [-0.15, -0.1) is 0 Å². The number of hydrogen-bond donors (Lipinski definition) is 1. The van der Waals surface area contributed by atoms with Crippen molar-refractivity contribution < 1.29 is 4.79 Å². The zero-order valence-corrected chi connectivity index (χ0v) is 16.8. The number of hydrogen-bond acceptors (Lipinski definition) is 4. The van der Waals surface area contributed by atoms with Gasteiger partial charge < -0.3 is 10.2 Å². The molecular formula is C23H26N4O. The normalized spacial score (nSPS) is 11.7. The van der Waals surface area contributed by atoms with Crippen LogP contribution in [0, 0.1) is 13.8 Å². The summed E-state index contributed by atoms with van der Waals surface area (Å²) < 4.78 is 0. The van der Waals surface area contributed by atoms with Crippen LogP contribution in [0.5, 0.6) is 0 Å². The Bertz CT molecular complexity index is 956. The van der Waals surface area contributed by atoms with E-state index in [0.717, 1.165) is 16.9 Å². The maximum atomic E-state index is 12.8. The van der Waals surface area contributed by atoms with Gasteiger partial charge in [-0.2, -0.15) is 0 Å². The Hall–Kier alpha value is -3.21. The Morgan fingerprint density at radius 2 is 1.79 bits per heavy atom. The van der Waals surface area contributed by atoms with E-state index in [0.29, 0.717) is 18.2 Å². The molecule has 1 unspecified atom stereocenters. The first-order valence-electron chi connectivity index (χ1n) is 9.53.